The molecule has 0 spiro atoms. The van der Waals surface area contributed by atoms with Crippen molar-refractivity contribution < 1.29 is 14.3 Å². The van der Waals surface area contributed by atoms with E-state index < -0.39 is 0 Å². The van der Waals surface area contributed by atoms with Gasteiger partial charge in [0.2, 0.25) is 11.8 Å². The van der Waals surface area contributed by atoms with E-state index in [0.717, 1.165) is 23.5 Å². The Labute approximate surface area is 149 Å². The fraction of sp³-hybridized carbons (Fsp3) is 0.353. The van der Waals surface area contributed by atoms with Crippen molar-refractivity contribution in [3.05, 3.63) is 29.6 Å². The fourth-order valence-corrected chi connectivity index (χ4v) is 3.27. The van der Waals surface area contributed by atoms with Gasteiger partial charge in [0.25, 0.3) is 0 Å². The van der Waals surface area contributed by atoms with E-state index in [1.165, 1.54) is 18.3 Å². The Morgan fingerprint density at radius 3 is 2.80 bits per heavy atom. The Balaban J connectivity index is 1.58. The number of thiazole rings is 1. The first kappa shape index (κ1) is 17.5. The lowest BCUT2D eigenvalue weighted by Gasteiger charge is -2.22. The highest BCUT2D eigenvalue weighted by Gasteiger charge is 2.17. The van der Waals surface area contributed by atoms with E-state index in [-0.39, 0.29) is 17.9 Å². The van der Waals surface area contributed by atoms with Gasteiger partial charge in [0.05, 0.1) is 18.9 Å². The van der Waals surface area contributed by atoms with Gasteiger partial charge in [-0.1, -0.05) is 12.1 Å². The summed E-state index contributed by atoms with van der Waals surface area (Å²) in [4.78, 5) is 27.6. The zero-order valence-corrected chi connectivity index (χ0v) is 14.7. The molecule has 3 N–H and O–H groups in total. The van der Waals surface area contributed by atoms with Crippen LogP contribution in [0.4, 0.5) is 10.8 Å². The number of hydrogen-bond donors (Lipinski definition) is 3. The summed E-state index contributed by atoms with van der Waals surface area (Å²) in [6.07, 6.45) is 0.361. The van der Waals surface area contributed by atoms with Gasteiger partial charge < -0.3 is 20.7 Å². The number of morpholine rings is 1. The molecule has 1 aliphatic rings. The number of carbonyl (C=O) groups is 2. The van der Waals surface area contributed by atoms with E-state index >= 15 is 0 Å². The number of benzene rings is 1. The van der Waals surface area contributed by atoms with Gasteiger partial charge in [-0.15, -0.1) is 11.3 Å². The molecule has 2 heterocycles. The van der Waals surface area contributed by atoms with Gasteiger partial charge in [0, 0.05) is 42.6 Å². The number of nitrogens with zero attached hydrogens (tertiary/aromatic N) is 1. The van der Waals surface area contributed by atoms with Crippen molar-refractivity contribution in [3.63, 3.8) is 0 Å². The summed E-state index contributed by atoms with van der Waals surface area (Å²) >= 11 is 1.39. The summed E-state index contributed by atoms with van der Waals surface area (Å²) in [5.74, 6) is -0.186. The highest BCUT2D eigenvalue weighted by Crippen LogP contribution is 2.26. The Morgan fingerprint density at radius 1 is 1.32 bits per heavy atom. The molecule has 0 radical (unpaired) electrons. The Morgan fingerprint density at radius 2 is 2.12 bits per heavy atom. The molecule has 3 rings (SSSR count). The van der Waals surface area contributed by atoms with Gasteiger partial charge in [-0.2, -0.15) is 0 Å². The van der Waals surface area contributed by atoms with Gasteiger partial charge in [-0.05, 0) is 12.1 Å². The molecular formula is C17H20N4O3S. The molecule has 2 aromatic rings. The lowest BCUT2D eigenvalue weighted by Crippen LogP contribution is -2.43. The second-order valence-corrected chi connectivity index (χ2v) is 6.63. The maximum absolute atomic E-state index is 12.1. The number of amides is 2. The van der Waals surface area contributed by atoms with Gasteiger partial charge in [-0.25, -0.2) is 4.98 Å². The van der Waals surface area contributed by atoms with E-state index in [1.54, 1.807) is 0 Å². The number of ether oxygens (including phenoxy) is 1. The zero-order chi connectivity index (χ0) is 17.6. The summed E-state index contributed by atoms with van der Waals surface area (Å²) in [6.45, 7) is 3.48. The Kier molecular flexibility index (Phi) is 5.75. The number of carbonyl (C=O) groups excluding carboxylic acids is 2. The molecule has 1 aliphatic heterocycles. The number of rotatable bonds is 5. The summed E-state index contributed by atoms with van der Waals surface area (Å²) in [5, 5.41) is 11.3. The molecule has 1 saturated heterocycles. The first-order valence-corrected chi connectivity index (χ1v) is 8.92. The van der Waals surface area contributed by atoms with Crippen LogP contribution in [0.5, 0.6) is 0 Å². The van der Waals surface area contributed by atoms with Gasteiger partial charge >= 0.3 is 0 Å². The summed E-state index contributed by atoms with van der Waals surface area (Å²) in [7, 11) is 0. The third kappa shape index (κ3) is 5.09. The molecule has 0 bridgehead atoms. The molecule has 2 amide bonds. The molecule has 25 heavy (non-hydrogen) atoms. The predicted molar refractivity (Wildman–Crippen MR) is 97.7 cm³/mol. The van der Waals surface area contributed by atoms with Crippen LogP contribution in [-0.4, -0.2) is 42.6 Å². The van der Waals surface area contributed by atoms with Gasteiger partial charge in [0.15, 0.2) is 5.13 Å². The van der Waals surface area contributed by atoms with Crippen molar-refractivity contribution >= 4 is 34.0 Å². The minimum atomic E-state index is -0.107. The van der Waals surface area contributed by atoms with Crippen LogP contribution >= 0.6 is 11.3 Å². The van der Waals surface area contributed by atoms with Crippen molar-refractivity contribution in [3.8, 4) is 11.3 Å². The van der Waals surface area contributed by atoms with Crippen LogP contribution in [0.1, 0.15) is 13.3 Å². The summed E-state index contributed by atoms with van der Waals surface area (Å²) in [5.41, 5.74) is 2.45. The third-order valence-electron chi connectivity index (χ3n) is 3.68. The molecule has 132 valence electrons. The van der Waals surface area contributed by atoms with E-state index in [2.05, 4.69) is 20.9 Å². The molecule has 1 aromatic heterocycles. The highest BCUT2D eigenvalue weighted by molar-refractivity contribution is 7.14. The normalized spacial score (nSPS) is 17.1. The number of nitrogens with one attached hydrogen (secondary N) is 3. The molecule has 1 atom stereocenters. The zero-order valence-electron chi connectivity index (χ0n) is 13.9. The summed E-state index contributed by atoms with van der Waals surface area (Å²) in [6, 6.07) is 7.46. The molecule has 1 aromatic carbocycles. The second-order valence-electron chi connectivity index (χ2n) is 5.77. The van der Waals surface area contributed by atoms with Crippen LogP contribution in [0.15, 0.2) is 29.6 Å². The third-order valence-corrected chi connectivity index (χ3v) is 4.44. The topological polar surface area (TPSA) is 92.4 Å². The van der Waals surface area contributed by atoms with Crippen LogP contribution in [0.3, 0.4) is 0 Å². The van der Waals surface area contributed by atoms with Gasteiger partial charge in [-0.3, -0.25) is 9.59 Å². The van der Waals surface area contributed by atoms with E-state index in [1.807, 2.05) is 29.6 Å². The van der Waals surface area contributed by atoms with Crippen molar-refractivity contribution in [2.24, 2.45) is 0 Å². The molecule has 1 fully saturated rings. The van der Waals surface area contributed by atoms with Crippen molar-refractivity contribution in [1.29, 1.82) is 0 Å². The number of hydrogen-bond acceptors (Lipinski definition) is 6. The average molecular weight is 360 g/mol. The predicted octanol–water partition coefficient (Wildman–Crippen LogP) is 2.09. The summed E-state index contributed by atoms with van der Waals surface area (Å²) < 4.78 is 5.35. The van der Waals surface area contributed by atoms with E-state index in [9.17, 15) is 9.59 Å². The van der Waals surface area contributed by atoms with Gasteiger partial charge in [0.1, 0.15) is 0 Å². The smallest absolute Gasteiger partial charge is 0.227 e. The molecule has 7 nitrogen and oxygen atoms in total. The fourth-order valence-electron chi connectivity index (χ4n) is 2.54. The molecule has 0 aliphatic carbocycles. The SMILES string of the molecule is CC(=O)Nc1ccc(-c2csc(NC(=O)CC3COCCN3)n2)cc1. The maximum atomic E-state index is 12.1. The van der Waals surface area contributed by atoms with Crippen LogP contribution in [-0.2, 0) is 14.3 Å². The van der Waals surface area contributed by atoms with Crippen molar-refractivity contribution in [2.75, 3.05) is 30.4 Å². The minimum absolute atomic E-state index is 0.0505. The first-order chi connectivity index (χ1) is 12.1. The van der Waals surface area contributed by atoms with Crippen LogP contribution in [0.25, 0.3) is 11.3 Å². The lowest BCUT2D eigenvalue weighted by atomic mass is 10.1. The first-order valence-electron chi connectivity index (χ1n) is 8.04. The number of anilines is 2. The van der Waals surface area contributed by atoms with Crippen LogP contribution in [0, 0.1) is 0 Å². The molecular weight excluding hydrogens is 340 g/mol. The minimum Gasteiger partial charge on any atom is -0.378 e. The number of aromatic nitrogens is 1. The molecule has 8 heteroatoms. The standard InChI is InChI=1S/C17H20N4O3S/c1-11(22)19-13-4-2-12(3-5-13)15-10-25-17(20-15)21-16(23)8-14-9-24-7-6-18-14/h2-5,10,14,18H,6-9H2,1H3,(H,19,22)(H,20,21,23). The van der Waals surface area contributed by atoms with Crippen molar-refractivity contribution in [2.45, 2.75) is 19.4 Å². The molecule has 1 unspecified atom stereocenters. The van der Waals surface area contributed by atoms with Crippen molar-refractivity contribution in [1.82, 2.24) is 10.3 Å². The van der Waals surface area contributed by atoms with E-state index in [0.29, 0.717) is 24.8 Å². The lowest BCUT2D eigenvalue weighted by molar-refractivity contribution is -0.117. The van der Waals surface area contributed by atoms with Crippen LogP contribution < -0.4 is 16.0 Å². The molecule has 0 saturated carbocycles. The monoisotopic (exact) mass is 360 g/mol. The van der Waals surface area contributed by atoms with E-state index in [4.69, 9.17) is 4.74 Å². The largest absolute Gasteiger partial charge is 0.378 e. The second kappa shape index (κ2) is 8.19. The Hall–Kier alpha value is -2.29. The van der Waals surface area contributed by atoms with Crippen LogP contribution in [0.2, 0.25) is 0 Å². The maximum Gasteiger partial charge on any atom is 0.227 e. The quantitative estimate of drug-likeness (QED) is 0.759. The Bertz CT molecular complexity index is 739. The average Bonchev–Trinajstić information content (AvgIpc) is 3.04. The highest BCUT2D eigenvalue weighted by atomic mass is 32.1.